The zero-order valence-electron chi connectivity index (χ0n) is 17.8. The second kappa shape index (κ2) is 10.0. The summed E-state index contributed by atoms with van der Waals surface area (Å²) in [5.41, 5.74) is 5.87. The van der Waals surface area contributed by atoms with Gasteiger partial charge < -0.3 is 10.2 Å². The molecule has 3 aromatic carbocycles. The quantitative estimate of drug-likeness (QED) is 0.146. The Morgan fingerprint density at radius 3 is 2.61 bits per heavy atom. The molecule has 0 unspecified atom stereocenters. The number of carbonyl (C=O) groups is 1. The molecule has 0 atom stereocenters. The first-order chi connectivity index (χ1) is 16.0. The van der Waals surface area contributed by atoms with Crippen LogP contribution < -0.4 is 9.99 Å². The van der Waals surface area contributed by atoms with Crippen molar-refractivity contribution in [2.24, 2.45) is 5.10 Å². The van der Waals surface area contributed by atoms with E-state index in [0.717, 1.165) is 22.6 Å². The fourth-order valence-electron chi connectivity index (χ4n) is 3.09. The van der Waals surface area contributed by atoms with Gasteiger partial charge in [-0.2, -0.15) is 9.67 Å². The lowest BCUT2D eigenvalue weighted by molar-refractivity contribution is -0.625. The lowest BCUT2D eigenvalue weighted by atomic mass is 10.1. The summed E-state index contributed by atoms with van der Waals surface area (Å²) >= 11 is 1.27. The zero-order valence-corrected chi connectivity index (χ0v) is 18.6. The molecule has 1 amide bonds. The molecule has 0 aliphatic heterocycles. The van der Waals surface area contributed by atoms with E-state index < -0.39 is 0 Å². The maximum Gasteiger partial charge on any atom is 0.342 e. The molecule has 33 heavy (non-hydrogen) atoms. The molecule has 166 valence electrons. The molecule has 1 aromatic heterocycles. The molecule has 0 saturated heterocycles. The van der Waals surface area contributed by atoms with Gasteiger partial charge in [0.2, 0.25) is 0 Å². The molecule has 8 nitrogen and oxygen atoms in total. The highest BCUT2D eigenvalue weighted by Gasteiger charge is 2.24. The predicted molar refractivity (Wildman–Crippen MR) is 127 cm³/mol. The number of rotatable bonds is 7. The van der Waals surface area contributed by atoms with Crippen LogP contribution in [0.5, 0.6) is 11.5 Å². The van der Waals surface area contributed by atoms with Crippen LogP contribution >= 0.6 is 11.8 Å². The van der Waals surface area contributed by atoms with Gasteiger partial charge in [0, 0.05) is 11.6 Å². The number of nitrogens with zero attached hydrogens (tertiary/aromatic N) is 3. The first-order valence-electron chi connectivity index (χ1n) is 10.1. The van der Waals surface area contributed by atoms with Crippen LogP contribution in [0.4, 0.5) is 0 Å². The minimum absolute atomic E-state index is 0.0548. The summed E-state index contributed by atoms with van der Waals surface area (Å²) in [5, 5.41) is 31.1. The number of hydrogen-bond acceptors (Lipinski definition) is 6. The monoisotopic (exact) mass is 460 g/mol. The Bertz CT molecular complexity index is 1290. The van der Waals surface area contributed by atoms with Gasteiger partial charge in [-0.3, -0.25) is 4.79 Å². The second-order valence-electron chi connectivity index (χ2n) is 7.22. The zero-order chi connectivity index (χ0) is 23.2. The summed E-state index contributed by atoms with van der Waals surface area (Å²) in [6, 6.07) is 22.0. The van der Waals surface area contributed by atoms with Crippen LogP contribution in [0.2, 0.25) is 0 Å². The fraction of sp³-hybridized carbons (Fsp3) is 0.0833. The second-order valence-corrected chi connectivity index (χ2v) is 8.16. The van der Waals surface area contributed by atoms with Gasteiger partial charge in [0.15, 0.2) is 0 Å². The van der Waals surface area contributed by atoms with Crippen molar-refractivity contribution in [2.45, 2.75) is 12.1 Å². The third-order valence-electron chi connectivity index (χ3n) is 4.75. The number of thioether (sulfide) groups is 1. The molecule has 4 N–H and O–H groups in total. The number of para-hydroxylation sites is 1. The van der Waals surface area contributed by atoms with Gasteiger partial charge >= 0.3 is 5.16 Å². The smallest absolute Gasteiger partial charge is 0.342 e. The fourth-order valence-corrected chi connectivity index (χ4v) is 3.85. The van der Waals surface area contributed by atoms with E-state index >= 15 is 0 Å². The molecule has 0 aliphatic carbocycles. The van der Waals surface area contributed by atoms with Crippen molar-refractivity contribution >= 4 is 23.9 Å². The number of aryl methyl sites for hydroxylation is 1. The number of phenolic OH excluding ortho intramolecular Hbond substituents is 2. The molecule has 0 aliphatic rings. The molecule has 1 heterocycles. The van der Waals surface area contributed by atoms with Crippen LogP contribution in [-0.4, -0.2) is 38.3 Å². The number of carbonyl (C=O) groups excluding carboxylic acids is 1. The Hall–Kier alpha value is -4.11. The highest BCUT2D eigenvalue weighted by atomic mass is 32.2. The third-order valence-corrected chi connectivity index (χ3v) is 5.69. The molecule has 0 saturated carbocycles. The molecular formula is C24H22N5O3S+. The van der Waals surface area contributed by atoms with Crippen LogP contribution in [0.25, 0.3) is 17.1 Å². The summed E-state index contributed by atoms with van der Waals surface area (Å²) < 4.78 is 1.97. The Morgan fingerprint density at radius 2 is 1.88 bits per heavy atom. The van der Waals surface area contributed by atoms with Crippen molar-refractivity contribution in [3.05, 3.63) is 83.9 Å². The Kier molecular flexibility index (Phi) is 6.70. The van der Waals surface area contributed by atoms with Crippen molar-refractivity contribution in [1.29, 1.82) is 0 Å². The van der Waals surface area contributed by atoms with E-state index in [1.807, 2.05) is 66.1 Å². The van der Waals surface area contributed by atoms with E-state index in [1.54, 1.807) is 0 Å². The highest BCUT2D eigenvalue weighted by Crippen LogP contribution is 2.22. The Morgan fingerprint density at radius 1 is 1.12 bits per heavy atom. The third kappa shape index (κ3) is 5.39. The van der Waals surface area contributed by atoms with Gasteiger partial charge in [0.1, 0.15) is 17.2 Å². The first-order valence-corrected chi connectivity index (χ1v) is 11.1. The number of aromatic nitrogens is 3. The maximum atomic E-state index is 12.3. The molecule has 4 aromatic rings. The van der Waals surface area contributed by atoms with Crippen LogP contribution in [0, 0.1) is 6.92 Å². The predicted octanol–water partition coefficient (Wildman–Crippen LogP) is 3.32. The number of benzene rings is 3. The number of nitrogens with one attached hydrogen (secondary N) is 2. The van der Waals surface area contributed by atoms with Gasteiger partial charge in [0.25, 0.3) is 11.7 Å². The van der Waals surface area contributed by atoms with Gasteiger partial charge in [-0.15, -0.1) is 5.10 Å². The highest BCUT2D eigenvalue weighted by molar-refractivity contribution is 7.99. The van der Waals surface area contributed by atoms with Crippen molar-refractivity contribution < 1.29 is 19.6 Å². The minimum Gasteiger partial charge on any atom is -0.508 e. The molecule has 0 spiro atoms. The molecule has 0 radical (unpaired) electrons. The summed E-state index contributed by atoms with van der Waals surface area (Å²) in [7, 11) is 0. The minimum atomic E-state index is -0.325. The summed E-state index contributed by atoms with van der Waals surface area (Å²) in [6.45, 7) is 2.04. The van der Waals surface area contributed by atoms with E-state index in [0.29, 0.717) is 10.7 Å². The molecule has 9 heteroatoms. The summed E-state index contributed by atoms with van der Waals surface area (Å²) in [6.07, 6.45) is 1.31. The largest absolute Gasteiger partial charge is 0.508 e. The van der Waals surface area contributed by atoms with Gasteiger partial charge in [-0.25, -0.2) is 5.43 Å². The van der Waals surface area contributed by atoms with E-state index in [1.165, 1.54) is 36.2 Å². The van der Waals surface area contributed by atoms with Crippen LogP contribution in [-0.2, 0) is 4.79 Å². The SMILES string of the molecule is Cc1ccc(-c2[nH]nc(SCC(=O)NN=Cc3ccc(O)cc3O)[n+]2-c2ccccc2)cc1. The number of phenols is 2. The standard InChI is InChI=1S/C24H21N5O3S/c1-16-7-9-17(10-8-16)23-27-28-24(29(23)19-5-3-2-4-6-19)33-15-22(32)26-25-14-18-11-12-20(30)13-21(18)31/h2-14H,15H2,1H3,(H3,25,26,30,31,32)/p+1. The van der Waals surface area contributed by atoms with Crippen molar-refractivity contribution in [1.82, 2.24) is 15.6 Å². The first kappa shape index (κ1) is 22.1. The summed E-state index contributed by atoms with van der Waals surface area (Å²) in [5.74, 6) is 0.385. The van der Waals surface area contributed by atoms with E-state index in [4.69, 9.17) is 0 Å². The Labute approximate surface area is 194 Å². The number of aromatic hydroxyl groups is 2. The van der Waals surface area contributed by atoms with E-state index in [2.05, 4.69) is 20.7 Å². The molecule has 0 bridgehead atoms. The molecule has 0 fully saturated rings. The number of H-pyrrole nitrogens is 1. The summed E-state index contributed by atoms with van der Waals surface area (Å²) in [4.78, 5) is 12.3. The average Bonchev–Trinajstić information content (AvgIpc) is 3.24. The van der Waals surface area contributed by atoms with Crippen LogP contribution in [0.15, 0.2) is 83.1 Å². The average molecular weight is 461 g/mol. The van der Waals surface area contributed by atoms with Crippen molar-refractivity contribution in [3.63, 3.8) is 0 Å². The Balaban J connectivity index is 1.49. The topological polar surface area (TPSA) is 114 Å². The lowest BCUT2D eigenvalue weighted by Crippen LogP contribution is -2.34. The van der Waals surface area contributed by atoms with E-state index in [-0.39, 0.29) is 23.2 Å². The van der Waals surface area contributed by atoms with Crippen LogP contribution in [0.3, 0.4) is 0 Å². The maximum absolute atomic E-state index is 12.3. The van der Waals surface area contributed by atoms with E-state index in [9.17, 15) is 15.0 Å². The number of amides is 1. The molecular weight excluding hydrogens is 438 g/mol. The number of hydrogen-bond donors (Lipinski definition) is 4. The lowest BCUT2D eigenvalue weighted by Gasteiger charge is -2.04. The number of aromatic amines is 1. The van der Waals surface area contributed by atoms with Gasteiger partial charge in [-0.1, -0.05) is 35.9 Å². The van der Waals surface area contributed by atoms with Crippen molar-refractivity contribution in [3.8, 4) is 28.6 Å². The molecule has 4 rings (SSSR count). The van der Waals surface area contributed by atoms with Gasteiger partial charge in [0.05, 0.1) is 22.6 Å². The normalized spacial score (nSPS) is 11.1. The number of hydrazone groups is 1. The van der Waals surface area contributed by atoms with Crippen LogP contribution in [0.1, 0.15) is 11.1 Å². The van der Waals surface area contributed by atoms with Crippen molar-refractivity contribution in [2.75, 3.05) is 5.75 Å². The van der Waals surface area contributed by atoms with Gasteiger partial charge in [-0.05, 0) is 55.1 Å².